The zero-order valence-electron chi connectivity index (χ0n) is 19.8. The first-order valence-corrected chi connectivity index (χ1v) is 13.9. The third-order valence-corrected chi connectivity index (χ3v) is 8.04. The Morgan fingerprint density at radius 1 is 1.08 bits per heavy atom. The number of hydrogen-bond donors (Lipinski definition) is 3. The van der Waals surface area contributed by atoms with E-state index in [9.17, 15) is 23.8 Å². The molecule has 0 bridgehead atoms. The molecule has 0 aliphatic carbocycles. The second kappa shape index (κ2) is 12.3. The molecule has 2 amide bonds. The monoisotopic (exact) mass is 575 g/mol. The van der Waals surface area contributed by atoms with Crippen LogP contribution in [-0.4, -0.2) is 46.4 Å². The molecule has 0 fully saturated rings. The zero-order chi connectivity index (χ0) is 26.3. The fourth-order valence-corrected chi connectivity index (χ4v) is 5.48. The van der Waals surface area contributed by atoms with Gasteiger partial charge in [0.15, 0.2) is 0 Å². The maximum Gasteiger partial charge on any atom is 0.242 e. The molecule has 1 unspecified atom stereocenters. The van der Waals surface area contributed by atoms with Crippen molar-refractivity contribution in [3.63, 3.8) is 0 Å². The van der Waals surface area contributed by atoms with E-state index in [-0.39, 0.29) is 17.9 Å². The second-order valence-electron chi connectivity index (χ2n) is 8.47. The lowest BCUT2D eigenvalue weighted by atomic mass is 10.0. The van der Waals surface area contributed by atoms with E-state index in [4.69, 9.17) is 4.52 Å². The molecule has 0 radical (unpaired) electrons. The Labute approximate surface area is 217 Å². The molecular formula is C25H27BrN3O6P. The molecule has 36 heavy (non-hydrogen) atoms. The molecule has 3 aromatic rings. The highest BCUT2D eigenvalue weighted by molar-refractivity contribution is 9.10. The molecule has 1 heterocycles. The van der Waals surface area contributed by atoms with Crippen molar-refractivity contribution < 1.29 is 28.4 Å². The maximum absolute atomic E-state index is 13.3. The van der Waals surface area contributed by atoms with Gasteiger partial charge in [0.05, 0.1) is 12.0 Å². The fraction of sp³-hybridized carbons (Fsp3) is 0.280. The summed E-state index contributed by atoms with van der Waals surface area (Å²) in [5.41, 5.74) is 1.39. The van der Waals surface area contributed by atoms with Gasteiger partial charge in [0.1, 0.15) is 23.8 Å². The minimum absolute atomic E-state index is 0.00811. The number of carbonyl (C=O) groups is 3. The molecule has 9 nitrogen and oxygen atoms in total. The van der Waals surface area contributed by atoms with Crippen molar-refractivity contribution in [2.45, 2.75) is 32.4 Å². The van der Waals surface area contributed by atoms with E-state index >= 15 is 0 Å². The number of benzene rings is 2. The SMILES string of the molecule is C[C@H](NC(=O)[C@H](Cc1cc(-c2ccccc2)no1)CP(=O)(O)c1ccc(Br)cc1)C(=O)N[C@@H](C)C=O. The van der Waals surface area contributed by atoms with Crippen LogP contribution in [0.3, 0.4) is 0 Å². The average Bonchev–Trinajstić information content (AvgIpc) is 3.32. The lowest BCUT2D eigenvalue weighted by molar-refractivity contribution is -0.131. The van der Waals surface area contributed by atoms with Crippen LogP contribution in [0.15, 0.2) is 69.7 Å². The van der Waals surface area contributed by atoms with Crippen molar-refractivity contribution in [1.29, 1.82) is 0 Å². The largest absolute Gasteiger partial charge is 0.361 e. The predicted molar refractivity (Wildman–Crippen MR) is 139 cm³/mol. The van der Waals surface area contributed by atoms with E-state index in [1.54, 1.807) is 18.2 Å². The van der Waals surface area contributed by atoms with Gasteiger partial charge in [0, 0.05) is 34.0 Å². The number of carbonyl (C=O) groups excluding carboxylic acids is 3. The summed E-state index contributed by atoms with van der Waals surface area (Å²) in [6, 6.07) is 15.7. The number of nitrogens with zero attached hydrogens (tertiary/aromatic N) is 1. The summed E-state index contributed by atoms with van der Waals surface area (Å²) in [6.45, 7) is 2.98. The normalized spacial score (nSPS) is 15.2. The van der Waals surface area contributed by atoms with E-state index in [0.29, 0.717) is 17.7 Å². The summed E-state index contributed by atoms with van der Waals surface area (Å²) < 4.78 is 19.4. The van der Waals surface area contributed by atoms with E-state index < -0.39 is 37.2 Å². The molecule has 2 aromatic carbocycles. The van der Waals surface area contributed by atoms with Gasteiger partial charge in [-0.05, 0) is 38.1 Å². The van der Waals surface area contributed by atoms with Crippen LogP contribution in [-0.2, 0) is 25.4 Å². The number of hydrogen-bond acceptors (Lipinski definition) is 6. The number of aldehydes is 1. The molecule has 190 valence electrons. The van der Waals surface area contributed by atoms with Gasteiger partial charge >= 0.3 is 0 Å². The lowest BCUT2D eigenvalue weighted by Crippen LogP contribution is -2.49. The van der Waals surface area contributed by atoms with Gasteiger partial charge in [-0.25, -0.2) is 0 Å². The van der Waals surface area contributed by atoms with E-state index in [1.807, 2.05) is 30.3 Å². The predicted octanol–water partition coefficient (Wildman–Crippen LogP) is 3.07. The van der Waals surface area contributed by atoms with Gasteiger partial charge in [0.25, 0.3) is 0 Å². The Morgan fingerprint density at radius 2 is 1.75 bits per heavy atom. The first-order chi connectivity index (χ1) is 17.1. The van der Waals surface area contributed by atoms with Crippen molar-refractivity contribution in [3.8, 4) is 11.3 Å². The van der Waals surface area contributed by atoms with Crippen molar-refractivity contribution in [1.82, 2.24) is 15.8 Å². The van der Waals surface area contributed by atoms with Crippen molar-refractivity contribution in [3.05, 3.63) is 70.9 Å². The summed E-state index contributed by atoms with van der Waals surface area (Å²) in [7, 11) is -3.95. The number of aromatic nitrogens is 1. The maximum atomic E-state index is 13.3. The molecule has 0 spiro atoms. The molecule has 3 N–H and O–H groups in total. The van der Waals surface area contributed by atoms with Gasteiger partial charge in [0.2, 0.25) is 19.2 Å². The molecule has 3 rings (SSSR count). The lowest BCUT2D eigenvalue weighted by Gasteiger charge is -2.22. The minimum atomic E-state index is -3.95. The molecule has 0 aliphatic rings. The number of amides is 2. The van der Waals surface area contributed by atoms with Crippen LogP contribution in [0, 0.1) is 5.92 Å². The van der Waals surface area contributed by atoms with E-state index in [0.717, 1.165) is 10.0 Å². The van der Waals surface area contributed by atoms with Crippen LogP contribution < -0.4 is 15.9 Å². The van der Waals surface area contributed by atoms with E-state index in [2.05, 4.69) is 31.7 Å². The number of nitrogens with one attached hydrogen (secondary N) is 2. The highest BCUT2D eigenvalue weighted by Gasteiger charge is 2.33. The Morgan fingerprint density at radius 3 is 2.39 bits per heavy atom. The zero-order valence-corrected chi connectivity index (χ0v) is 22.2. The minimum Gasteiger partial charge on any atom is -0.361 e. The molecule has 11 heteroatoms. The smallest absolute Gasteiger partial charge is 0.242 e. The molecule has 4 atom stereocenters. The van der Waals surface area contributed by atoms with Gasteiger partial charge < -0.3 is 24.8 Å². The van der Waals surface area contributed by atoms with Crippen LogP contribution >= 0.6 is 23.3 Å². The van der Waals surface area contributed by atoms with Crippen LogP contribution in [0.25, 0.3) is 11.3 Å². The third-order valence-electron chi connectivity index (χ3n) is 5.47. The first-order valence-electron chi connectivity index (χ1n) is 11.2. The van der Waals surface area contributed by atoms with Crippen LogP contribution in [0.5, 0.6) is 0 Å². The summed E-state index contributed by atoms with van der Waals surface area (Å²) in [5, 5.41) is 9.31. The summed E-state index contributed by atoms with van der Waals surface area (Å²) in [5.74, 6) is -1.79. The standard InChI is InChI=1S/C25H27BrN3O6P/c1-16(14-30)27-24(31)17(2)28-25(32)19(15-36(33,34)22-10-8-20(26)9-11-22)12-21-13-23(29-35-21)18-6-4-3-5-7-18/h3-11,13-14,16-17,19H,12,15H2,1-2H3,(H,27,31)(H,28,32)(H,33,34)/t16-,17-,19+/m0/s1. The first kappa shape index (κ1) is 27.5. The van der Waals surface area contributed by atoms with Gasteiger partial charge in [-0.3, -0.25) is 14.2 Å². The van der Waals surface area contributed by atoms with Crippen molar-refractivity contribution in [2.75, 3.05) is 6.16 Å². The summed E-state index contributed by atoms with van der Waals surface area (Å²) in [4.78, 5) is 47.2. The van der Waals surface area contributed by atoms with E-state index in [1.165, 1.54) is 26.0 Å². The van der Waals surface area contributed by atoms with Crippen LogP contribution in [0.2, 0.25) is 0 Å². The van der Waals surface area contributed by atoms with Crippen molar-refractivity contribution >= 4 is 46.7 Å². The number of halogens is 1. The van der Waals surface area contributed by atoms with Crippen molar-refractivity contribution in [2.24, 2.45) is 5.92 Å². The summed E-state index contributed by atoms with van der Waals surface area (Å²) >= 11 is 3.30. The summed E-state index contributed by atoms with van der Waals surface area (Å²) in [6.07, 6.45) is 0.191. The second-order valence-corrected chi connectivity index (χ2v) is 11.7. The van der Waals surface area contributed by atoms with Crippen LogP contribution in [0.1, 0.15) is 19.6 Å². The Kier molecular flexibility index (Phi) is 9.37. The third kappa shape index (κ3) is 7.46. The molecular weight excluding hydrogens is 549 g/mol. The molecule has 0 saturated carbocycles. The quantitative estimate of drug-likeness (QED) is 0.236. The highest BCUT2D eigenvalue weighted by atomic mass is 79.9. The Bertz CT molecular complexity index is 1250. The Balaban J connectivity index is 1.82. The van der Waals surface area contributed by atoms with Gasteiger partial charge in [-0.2, -0.15) is 0 Å². The molecule has 0 aliphatic heterocycles. The average molecular weight is 576 g/mol. The molecule has 1 aromatic heterocycles. The van der Waals surface area contributed by atoms with Gasteiger partial charge in [-0.15, -0.1) is 0 Å². The molecule has 0 saturated heterocycles. The van der Waals surface area contributed by atoms with Crippen LogP contribution in [0.4, 0.5) is 0 Å². The Hall–Kier alpha value is -3.07. The topological polar surface area (TPSA) is 139 Å². The highest BCUT2D eigenvalue weighted by Crippen LogP contribution is 2.42. The number of rotatable bonds is 11. The van der Waals surface area contributed by atoms with Gasteiger partial charge in [-0.1, -0.05) is 51.4 Å². The fourth-order valence-electron chi connectivity index (χ4n) is 3.50.